The second kappa shape index (κ2) is 6.79. The van der Waals surface area contributed by atoms with E-state index in [1.54, 1.807) is 17.0 Å². The Labute approximate surface area is 141 Å². The third-order valence-electron chi connectivity index (χ3n) is 4.98. The van der Waals surface area contributed by atoms with Gasteiger partial charge in [0, 0.05) is 32.3 Å². The topological polar surface area (TPSA) is 73.5 Å². The van der Waals surface area contributed by atoms with Crippen LogP contribution in [0.3, 0.4) is 0 Å². The normalized spacial score (nSPS) is 22.0. The van der Waals surface area contributed by atoms with Gasteiger partial charge in [-0.15, -0.1) is 0 Å². The van der Waals surface area contributed by atoms with Crippen LogP contribution in [0.25, 0.3) is 0 Å². The number of pyridine rings is 1. The van der Waals surface area contributed by atoms with E-state index in [4.69, 9.17) is 0 Å². The van der Waals surface area contributed by atoms with Crippen molar-refractivity contribution < 1.29 is 9.59 Å². The third kappa shape index (κ3) is 3.52. The van der Waals surface area contributed by atoms with Gasteiger partial charge in [0.2, 0.25) is 5.91 Å². The number of carbonyl (C=O) groups is 2. The zero-order valence-corrected chi connectivity index (χ0v) is 14.3. The van der Waals surface area contributed by atoms with E-state index in [9.17, 15) is 14.4 Å². The van der Waals surface area contributed by atoms with Crippen molar-refractivity contribution >= 4 is 11.8 Å². The maximum atomic E-state index is 12.8. The highest BCUT2D eigenvalue weighted by atomic mass is 16.2. The van der Waals surface area contributed by atoms with Crippen LogP contribution in [-0.4, -0.2) is 52.3 Å². The summed E-state index contributed by atoms with van der Waals surface area (Å²) in [5.74, 6) is 0.714. The van der Waals surface area contributed by atoms with Gasteiger partial charge < -0.3 is 14.8 Å². The molecule has 0 radical (unpaired) electrons. The molecule has 0 unspecified atom stereocenters. The molecule has 0 spiro atoms. The Morgan fingerprint density at radius 1 is 1.33 bits per heavy atom. The van der Waals surface area contributed by atoms with Crippen molar-refractivity contribution in [3.8, 4) is 0 Å². The molecule has 1 N–H and O–H groups in total. The van der Waals surface area contributed by atoms with Crippen molar-refractivity contribution in [2.45, 2.75) is 39.2 Å². The summed E-state index contributed by atoms with van der Waals surface area (Å²) in [6, 6.07) is 3.20. The van der Waals surface area contributed by atoms with Gasteiger partial charge >= 0.3 is 0 Å². The molecule has 130 valence electrons. The van der Waals surface area contributed by atoms with Gasteiger partial charge in [0.25, 0.3) is 11.5 Å². The number of nitrogens with zero attached hydrogens (tertiary/aromatic N) is 2. The molecule has 1 aromatic heterocycles. The number of aromatic amines is 1. The Morgan fingerprint density at radius 3 is 2.71 bits per heavy atom. The van der Waals surface area contributed by atoms with E-state index < -0.39 is 0 Å². The smallest absolute Gasteiger partial charge is 0.260 e. The summed E-state index contributed by atoms with van der Waals surface area (Å²) >= 11 is 0. The van der Waals surface area contributed by atoms with E-state index in [1.165, 1.54) is 19.0 Å². The standard InChI is InChI=1S/C18H25N3O3/c1-12(2)15-11-20(18(24)14-4-3-8-19-17(14)23)9-7-16(22)21(15)10-13-5-6-13/h3-4,8,12-13,15H,5-7,9-11H2,1-2H3,(H,19,23)/t15-/m1/s1. The molecule has 6 nitrogen and oxygen atoms in total. The average Bonchev–Trinajstić information content (AvgIpc) is 3.37. The Hall–Kier alpha value is -2.11. The first-order valence-electron chi connectivity index (χ1n) is 8.74. The minimum atomic E-state index is -0.381. The fourth-order valence-corrected chi connectivity index (χ4v) is 3.31. The number of hydrogen-bond acceptors (Lipinski definition) is 3. The van der Waals surface area contributed by atoms with Crippen LogP contribution in [0, 0.1) is 11.8 Å². The first kappa shape index (κ1) is 16.7. The molecule has 2 amide bonds. The maximum Gasteiger partial charge on any atom is 0.260 e. The lowest BCUT2D eigenvalue weighted by atomic mass is 10.0. The van der Waals surface area contributed by atoms with Crippen LogP contribution in [0.15, 0.2) is 23.1 Å². The van der Waals surface area contributed by atoms with Gasteiger partial charge in [0.15, 0.2) is 0 Å². The van der Waals surface area contributed by atoms with Crippen molar-refractivity contribution in [3.63, 3.8) is 0 Å². The van der Waals surface area contributed by atoms with Crippen molar-refractivity contribution in [3.05, 3.63) is 34.2 Å². The zero-order chi connectivity index (χ0) is 17.3. The Kier molecular flexibility index (Phi) is 4.73. The summed E-state index contributed by atoms with van der Waals surface area (Å²) in [5, 5.41) is 0. The molecule has 24 heavy (non-hydrogen) atoms. The van der Waals surface area contributed by atoms with E-state index in [0.717, 1.165) is 6.54 Å². The van der Waals surface area contributed by atoms with Gasteiger partial charge in [-0.1, -0.05) is 13.8 Å². The molecule has 2 heterocycles. The summed E-state index contributed by atoms with van der Waals surface area (Å²) in [6.07, 6.45) is 4.22. The van der Waals surface area contributed by atoms with Crippen molar-refractivity contribution in [1.29, 1.82) is 0 Å². The maximum absolute atomic E-state index is 12.8. The highest BCUT2D eigenvalue weighted by Crippen LogP contribution is 2.32. The summed E-state index contributed by atoms with van der Waals surface area (Å²) in [5.41, 5.74) is -0.239. The predicted octanol–water partition coefficient (Wildman–Crippen LogP) is 1.48. The molecule has 3 rings (SSSR count). The lowest BCUT2D eigenvalue weighted by molar-refractivity contribution is -0.133. The summed E-state index contributed by atoms with van der Waals surface area (Å²) in [7, 11) is 0. The second-order valence-corrected chi connectivity index (χ2v) is 7.21. The van der Waals surface area contributed by atoms with Crippen LogP contribution in [0.4, 0.5) is 0 Å². The molecule has 2 fully saturated rings. The highest BCUT2D eigenvalue weighted by Gasteiger charge is 2.37. The molecule has 1 aliphatic heterocycles. The van der Waals surface area contributed by atoms with Gasteiger partial charge in [-0.2, -0.15) is 0 Å². The monoisotopic (exact) mass is 331 g/mol. The number of nitrogens with one attached hydrogen (secondary N) is 1. The van der Waals surface area contributed by atoms with Gasteiger partial charge in [0.1, 0.15) is 5.56 Å². The first-order valence-corrected chi connectivity index (χ1v) is 8.74. The third-order valence-corrected chi connectivity index (χ3v) is 4.98. The summed E-state index contributed by atoms with van der Waals surface area (Å²) < 4.78 is 0. The molecule has 6 heteroatoms. The molecule has 0 bridgehead atoms. The van der Waals surface area contributed by atoms with Crippen LogP contribution in [0.5, 0.6) is 0 Å². The molecular formula is C18H25N3O3. The predicted molar refractivity (Wildman–Crippen MR) is 90.6 cm³/mol. The summed E-state index contributed by atoms with van der Waals surface area (Å²) in [4.78, 5) is 43.4. The van der Waals surface area contributed by atoms with E-state index in [-0.39, 0.29) is 34.9 Å². The minimum Gasteiger partial charge on any atom is -0.337 e. The fraction of sp³-hybridized carbons (Fsp3) is 0.611. The zero-order valence-electron chi connectivity index (χ0n) is 14.3. The van der Waals surface area contributed by atoms with Crippen molar-refractivity contribution in [2.75, 3.05) is 19.6 Å². The molecule has 1 atom stereocenters. The molecule has 2 aliphatic rings. The lowest BCUT2D eigenvalue weighted by Gasteiger charge is -2.34. The largest absolute Gasteiger partial charge is 0.337 e. The quantitative estimate of drug-likeness (QED) is 0.908. The van der Waals surface area contributed by atoms with Gasteiger partial charge in [-0.3, -0.25) is 14.4 Å². The Morgan fingerprint density at radius 2 is 2.08 bits per heavy atom. The Balaban J connectivity index is 1.82. The van der Waals surface area contributed by atoms with E-state index >= 15 is 0 Å². The lowest BCUT2D eigenvalue weighted by Crippen LogP contribution is -2.48. The number of hydrogen-bond donors (Lipinski definition) is 1. The van der Waals surface area contributed by atoms with Crippen LogP contribution in [0.2, 0.25) is 0 Å². The molecule has 0 aromatic carbocycles. The van der Waals surface area contributed by atoms with Crippen molar-refractivity contribution in [1.82, 2.24) is 14.8 Å². The van der Waals surface area contributed by atoms with Crippen molar-refractivity contribution in [2.24, 2.45) is 11.8 Å². The average molecular weight is 331 g/mol. The molecule has 1 aliphatic carbocycles. The SMILES string of the molecule is CC(C)[C@H]1CN(C(=O)c2ccc[nH]c2=O)CCC(=O)N1CC1CC1. The summed E-state index contributed by atoms with van der Waals surface area (Å²) in [6.45, 7) is 5.83. The highest BCUT2D eigenvalue weighted by molar-refractivity contribution is 5.94. The second-order valence-electron chi connectivity index (χ2n) is 7.21. The van der Waals surface area contributed by atoms with Gasteiger partial charge in [-0.05, 0) is 36.8 Å². The van der Waals surface area contributed by atoms with E-state index in [2.05, 4.69) is 18.8 Å². The first-order chi connectivity index (χ1) is 11.5. The van der Waals surface area contributed by atoms with Crippen LogP contribution < -0.4 is 5.56 Å². The van der Waals surface area contributed by atoms with E-state index in [1.807, 2.05) is 4.90 Å². The molecular weight excluding hydrogens is 306 g/mol. The fourth-order valence-electron chi connectivity index (χ4n) is 3.31. The van der Waals surface area contributed by atoms with E-state index in [0.29, 0.717) is 25.4 Å². The number of rotatable bonds is 4. The van der Waals surface area contributed by atoms with Gasteiger partial charge in [0.05, 0.1) is 6.04 Å². The molecule has 1 saturated heterocycles. The number of aromatic nitrogens is 1. The van der Waals surface area contributed by atoms with Gasteiger partial charge in [-0.25, -0.2) is 0 Å². The van der Waals surface area contributed by atoms with Crippen LogP contribution in [-0.2, 0) is 4.79 Å². The minimum absolute atomic E-state index is 0.00680. The van der Waals surface area contributed by atoms with Crippen LogP contribution >= 0.6 is 0 Å². The number of H-pyrrole nitrogens is 1. The molecule has 1 aromatic rings. The Bertz CT molecular complexity index is 678. The van der Waals surface area contributed by atoms with Crippen LogP contribution in [0.1, 0.15) is 43.5 Å². The molecule has 1 saturated carbocycles. The number of amides is 2. The number of carbonyl (C=O) groups excluding carboxylic acids is 2.